The van der Waals surface area contributed by atoms with Crippen LogP contribution >= 0.6 is 0 Å². The molecule has 0 radical (unpaired) electrons. The number of anilines is 1. The van der Waals surface area contributed by atoms with E-state index in [-0.39, 0.29) is 11.5 Å². The van der Waals surface area contributed by atoms with Crippen LogP contribution in [0.5, 0.6) is 0 Å². The molecule has 1 aromatic heterocycles. The van der Waals surface area contributed by atoms with Gasteiger partial charge in [0.1, 0.15) is 6.23 Å². The fourth-order valence-corrected chi connectivity index (χ4v) is 1.00. The van der Waals surface area contributed by atoms with Gasteiger partial charge in [0.2, 0.25) is 5.95 Å². The van der Waals surface area contributed by atoms with Crippen molar-refractivity contribution in [3.05, 3.63) is 22.1 Å². The molecule has 0 bridgehead atoms. The largest absolute Gasteiger partial charge is 0.373 e. The van der Waals surface area contributed by atoms with Gasteiger partial charge >= 0.3 is 0 Å². The molecule has 0 aliphatic rings. The van der Waals surface area contributed by atoms with Gasteiger partial charge in [-0.3, -0.25) is 9.36 Å². The Labute approximate surface area is 69.5 Å². The van der Waals surface area contributed by atoms with E-state index in [1.807, 2.05) is 0 Å². The first-order valence-corrected chi connectivity index (χ1v) is 3.56. The minimum atomic E-state index is -0.939. The quantitative estimate of drug-likeness (QED) is 0.601. The Morgan fingerprint density at radius 1 is 1.75 bits per heavy atom. The van der Waals surface area contributed by atoms with Crippen LogP contribution in [0.4, 0.5) is 5.95 Å². The van der Waals surface area contributed by atoms with E-state index in [0.717, 1.165) is 4.57 Å². The van der Waals surface area contributed by atoms with Gasteiger partial charge in [0.15, 0.2) is 0 Å². The van der Waals surface area contributed by atoms with Crippen molar-refractivity contribution in [2.45, 2.75) is 20.1 Å². The third-order valence-corrected chi connectivity index (χ3v) is 1.48. The first-order valence-electron chi connectivity index (χ1n) is 3.56. The van der Waals surface area contributed by atoms with E-state index in [0.29, 0.717) is 5.69 Å². The molecule has 5 heteroatoms. The number of hydrogen-bond donors (Lipinski definition) is 2. The van der Waals surface area contributed by atoms with Gasteiger partial charge in [-0.1, -0.05) is 0 Å². The van der Waals surface area contributed by atoms with E-state index in [1.165, 1.54) is 13.0 Å². The summed E-state index contributed by atoms with van der Waals surface area (Å²) in [6.07, 6.45) is -0.939. The van der Waals surface area contributed by atoms with E-state index in [2.05, 4.69) is 4.98 Å². The number of aliphatic hydroxyl groups excluding tert-OH is 1. The zero-order valence-corrected chi connectivity index (χ0v) is 6.98. The van der Waals surface area contributed by atoms with Crippen LogP contribution in [0.2, 0.25) is 0 Å². The first kappa shape index (κ1) is 8.73. The molecule has 0 saturated carbocycles. The Morgan fingerprint density at radius 2 is 2.33 bits per heavy atom. The summed E-state index contributed by atoms with van der Waals surface area (Å²) < 4.78 is 1.02. The Bertz CT molecular complexity index is 343. The molecular weight excluding hydrogens is 158 g/mol. The van der Waals surface area contributed by atoms with Crippen LogP contribution in [-0.4, -0.2) is 14.7 Å². The fraction of sp³-hybridized carbons (Fsp3) is 0.429. The summed E-state index contributed by atoms with van der Waals surface area (Å²) in [6, 6.07) is 1.32. The minimum Gasteiger partial charge on any atom is -0.373 e. The molecule has 3 N–H and O–H groups in total. The summed E-state index contributed by atoms with van der Waals surface area (Å²) in [5.41, 5.74) is 5.63. The predicted molar refractivity (Wildman–Crippen MR) is 44.6 cm³/mol. The lowest BCUT2D eigenvalue weighted by atomic mass is 10.4. The van der Waals surface area contributed by atoms with Crippen molar-refractivity contribution in [3.8, 4) is 0 Å². The normalized spacial score (nSPS) is 12.9. The van der Waals surface area contributed by atoms with Crippen LogP contribution in [0, 0.1) is 6.92 Å². The highest BCUT2D eigenvalue weighted by Crippen LogP contribution is 2.02. The van der Waals surface area contributed by atoms with Crippen LogP contribution in [0.25, 0.3) is 0 Å². The summed E-state index contributed by atoms with van der Waals surface area (Å²) in [7, 11) is 0. The molecular formula is C7H11N3O2. The molecule has 1 heterocycles. The number of aryl methyl sites for hydroxylation is 1. The lowest BCUT2D eigenvalue weighted by Gasteiger charge is -2.10. The van der Waals surface area contributed by atoms with Crippen LogP contribution in [0.1, 0.15) is 18.8 Å². The molecule has 0 fully saturated rings. The van der Waals surface area contributed by atoms with Crippen molar-refractivity contribution in [1.82, 2.24) is 9.55 Å². The molecule has 1 atom stereocenters. The number of aliphatic hydroxyl groups is 1. The summed E-state index contributed by atoms with van der Waals surface area (Å²) in [5.74, 6) is 0.0370. The maximum atomic E-state index is 11.2. The van der Waals surface area contributed by atoms with E-state index < -0.39 is 6.23 Å². The van der Waals surface area contributed by atoms with Gasteiger partial charge in [-0.2, -0.15) is 0 Å². The number of nitrogens with two attached hydrogens (primary N) is 1. The minimum absolute atomic E-state index is 0.0370. The van der Waals surface area contributed by atoms with Gasteiger partial charge in [-0.15, -0.1) is 0 Å². The monoisotopic (exact) mass is 169 g/mol. The van der Waals surface area contributed by atoms with Crippen molar-refractivity contribution in [3.63, 3.8) is 0 Å². The van der Waals surface area contributed by atoms with Gasteiger partial charge in [-0.25, -0.2) is 4.98 Å². The number of nitrogen functional groups attached to an aromatic ring is 1. The molecule has 66 valence electrons. The number of rotatable bonds is 1. The van der Waals surface area contributed by atoms with Crippen LogP contribution in [0.3, 0.4) is 0 Å². The number of nitrogens with zero attached hydrogens (tertiary/aromatic N) is 2. The maximum Gasteiger partial charge on any atom is 0.257 e. The Kier molecular flexibility index (Phi) is 2.14. The van der Waals surface area contributed by atoms with Crippen molar-refractivity contribution >= 4 is 5.95 Å². The molecule has 12 heavy (non-hydrogen) atoms. The van der Waals surface area contributed by atoms with Gasteiger partial charge in [0.05, 0.1) is 0 Å². The zero-order chi connectivity index (χ0) is 9.30. The first-order chi connectivity index (χ1) is 5.52. The second-order valence-electron chi connectivity index (χ2n) is 2.60. The molecule has 0 saturated heterocycles. The van der Waals surface area contributed by atoms with Crippen molar-refractivity contribution in [2.24, 2.45) is 0 Å². The topological polar surface area (TPSA) is 81.1 Å². The van der Waals surface area contributed by atoms with E-state index in [4.69, 9.17) is 10.8 Å². The molecule has 0 aliphatic heterocycles. The van der Waals surface area contributed by atoms with Crippen LogP contribution in [-0.2, 0) is 0 Å². The Balaban J connectivity index is 3.39. The summed E-state index contributed by atoms with van der Waals surface area (Å²) in [6.45, 7) is 3.12. The van der Waals surface area contributed by atoms with Crippen LogP contribution < -0.4 is 11.3 Å². The molecule has 1 unspecified atom stereocenters. The average molecular weight is 169 g/mol. The van der Waals surface area contributed by atoms with E-state index >= 15 is 0 Å². The van der Waals surface area contributed by atoms with Gasteiger partial charge in [0, 0.05) is 11.8 Å². The lowest BCUT2D eigenvalue weighted by molar-refractivity contribution is 0.122. The smallest absolute Gasteiger partial charge is 0.257 e. The SMILES string of the molecule is Cc1cc(=O)n(C(C)O)c(N)n1. The molecule has 1 aromatic rings. The summed E-state index contributed by atoms with van der Waals surface area (Å²) in [4.78, 5) is 15.0. The molecule has 0 spiro atoms. The number of hydrogen-bond acceptors (Lipinski definition) is 4. The maximum absolute atomic E-state index is 11.2. The van der Waals surface area contributed by atoms with Crippen molar-refractivity contribution < 1.29 is 5.11 Å². The molecule has 1 rings (SSSR count). The summed E-state index contributed by atoms with van der Waals surface area (Å²) >= 11 is 0. The second-order valence-corrected chi connectivity index (χ2v) is 2.60. The highest BCUT2D eigenvalue weighted by molar-refractivity contribution is 5.20. The molecule has 0 amide bonds. The molecule has 5 nitrogen and oxygen atoms in total. The van der Waals surface area contributed by atoms with Crippen LogP contribution in [0.15, 0.2) is 10.9 Å². The van der Waals surface area contributed by atoms with E-state index in [9.17, 15) is 4.79 Å². The standard InChI is InChI=1S/C7H11N3O2/c1-4-3-6(12)10(5(2)11)7(8)9-4/h3,5,11H,1-2H3,(H2,8,9). The molecule has 0 aromatic carbocycles. The number of aromatic nitrogens is 2. The Morgan fingerprint density at radius 3 is 2.75 bits per heavy atom. The predicted octanol–water partition coefficient (Wildman–Crippen LogP) is -0.355. The van der Waals surface area contributed by atoms with E-state index in [1.54, 1.807) is 6.92 Å². The highest BCUT2D eigenvalue weighted by atomic mass is 16.3. The summed E-state index contributed by atoms with van der Waals surface area (Å²) in [5, 5.41) is 9.12. The fourth-order valence-electron chi connectivity index (χ4n) is 1.00. The Hall–Kier alpha value is -1.36. The van der Waals surface area contributed by atoms with Gasteiger partial charge in [-0.05, 0) is 13.8 Å². The third-order valence-electron chi connectivity index (χ3n) is 1.48. The third kappa shape index (κ3) is 1.45. The highest BCUT2D eigenvalue weighted by Gasteiger charge is 2.07. The second kappa shape index (κ2) is 2.94. The van der Waals surface area contributed by atoms with Crippen molar-refractivity contribution in [2.75, 3.05) is 5.73 Å². The van der Waals surface area contributed by atoms with Gasteiger partial charge < -0.3 is 10.8 Å². The average Bonchev–Trinajstić information content (AvgIpc) is 1.82. The van der Waals surface area contributed by atoms with Crippen molar-refractivity contribution in [1.29, 1.82) is 0 Å². The molecule has 0 aliphatic carbocycles. The zero-order valence-electron chi connectivity index (χ0n) is 6.98. The van der Waals surface area contributed by atoms with Gasteiger partial charge in [0.25, 0.3) is 5.56 Å². The lowest BCUT2D eigenvalue weighted by Crippen LogP contribution is -2.26.